The van der Waals surface area contributed by atoms with Gasteiger partial charge in [0.15, 0.2) is 0 Å². The first-order chi connectivity index (χ1) is 8.89. The molecule has 19 heavy (non-hydrogen) atoms. The fourth-order valence-electron chi connectivity index (χ4n) is 2.01. The Balaban J connectivity index is 2.73. The van der Waals surface area contributed by atoms with E-state index in [1.807, 2.05) is 13.0 Å². The Labute approximate surface area is 116 Å². The molecule has 0 saturated carbocycles. The van der Waals surface area contributed by atoms with Crippen LogP contribution in [0.15, 0.2) is 42.1 Å². The van der Waals surface area contributed by atoms with Gasteiger partial charge in [-0.2, -0.15) is 0 Å². The number of benzene rings is 1. The SMILES string of the molecule is C=C([C@@H](C)NCC(=O)OC)[Si](C)(C)c1ccccc1. The minimum Gasteiger partial charge on any atom is -0.468 e. The molecule has 1 atom stereocenters. The molecule has 0 aromatic heterocycles. The molecule has 1 N–H and O–H groups in total. The molecule has 0 aliphatic rings. The second-order valence-electron chi connectivity index (χ2n) is 5.19. The molecule has 0 aliphatic carbocycles. The molecule has 104 valence electrons. The van der Waals surface area contributed by atoms with Gasteiger partial charge in [0.1, 0.15) is 8.07 Å². The van der Waals surface area contributed by atoms with Crippen LogP contribution in [0, 0.1) is 0 Å². The van der Waals surface area contributed by atoms with E-state index in [1.165, 1.54) is 17.5 Å². The summed E-state index contributed by atoms with van der Waals surface area (Å²) in [4.78, 5) is 11.2. The summed E-state index contributed by atoms with van der Waals surface area (Å²) < 4.78 is 4.63. The van der Waals surface area contributed by atoms with Gasteiger partial charge in [0, 0.05) is 6.04 Å². The lowest BCUT2D eigenvalue weighted by atomic mass is 10.3. The first-order valence-corrected chi connectivity index (χ1v) is 9.44. The highest BCUT2D eigenvalue weighted by molar-refractivity contribution is 6.95. The van der Waals surface area contributed by atoms with Crippen LogP contribution >= 0.6 is 0 Å². The summed E-state index contributed by atoms with van der Waals surface area (Å²) in [6.07, 6.45) is 0. The van der Waals surface area contributed by atoms with E-state index in [1.54, 1.807) is 0 Å². The normalized spacial score (nSPS) is 12.8. The van der Waals surface area contributed by atoms with Gasteiger partial charge in [-0.05, 0) is 6.92 Å². The van der Waals surface area contributed by atoms with Crippen LogP contribution in [0.25, 0.3) is 0 Å². The van der Waals surface area contributed by atoms with Crippen LogP contribution in [-0.2, 0) is 9.53 Å². The van der Waals surface area contributed by atoms with E-state index < -0.39 is 8.07 Å². The highest BCUT2D eigenvalue weighted by Gasteiger charge is 2.29. The van der Waals surface area contributed by atoms with Crippen molar-refractivity contribution in [2.24, 2.45) is 0 Å². The monoisotopic (exact) mass is 277 g/mol. The molecule has 1 aromatic rings. The smallest absolute Gasteiger partial charge is 0.319 e. The number of methoxy groups -OCH3 is 1. The van der Waals surface area contributed by atoms with Gasteiger partial charge in [-0.1, -0.05) is 53.8 Å². The summed E-state index contributed by atoms with van der Waals surface area (Å²) >= 11 is 0. The highest BCUT2D eigenvalue weighted by Crippen LogP contribution is 2.16. The van der Waals surface area contributed by atoms with E-state index >= 15 is 0 Å². The van der Waals surface area contributed by atoms with E-state index in [2.05, 4.69) is 54.0 Å². The number of carbonyl (C=O) groups is 1. The fourth-order valence-corrected chi connectivity index (χ4v) is 4.59. The minimum atomic E-state index is -1.74. The van der Waals surface area contributed by atoms with Crippen LogP contribution in [0.5, 0.6) is 0 Å². The highest BCUT2D eigenvalue weighted by atomic mass is 28.3. The van der Waals surface area contributed by atoms with Crippen molar-refractivity contribution in [2.75, 3.05) is 13.7 Å². The molecule has 1 aromatic carbocycles. The van der Waals surface area contributed by atoms with Crippen molar-refractivity contribution in [1.82, 2.24) is 5.32 Å². The topological polar surface area (TPSA) is 38.3 Å². The largest absolute Gasteiger partial charge is 0.468 e. The molecule has 0 bridgehead atoms. The van der Waals surface area contributed by atoms with E-state index in [9.17, 15) is 4.79 Å². The van der Waals surface area contributed by atoms with Crippen LogP contribution in [-0.4, -0.2) is 33.7 Å². The first-order valence-electron chi connectivity index (χ1n) is 6.44. The number of rotatable bonds is 6. The zero-order valence-corrected chi connectivity index (χ0v) is 13.2. The van der Waals surface area contributed by atoms with Crippen LogP contribution < -0.4 is 10.5 Å². The van der Waals surface area contributed by atoms with Gasteiger partial charge >= 0.3 is 5.97 Å². The van der Waals surface area contributed by atoms with Crippen molar-refractivity contribution in [3.63, 3.8) is 0 Å². The predicted octanol–water partition coefficient (Wildman–Crippen LogP) is 1.85. The first kappa shape index (κ1) is 15.7. The van der Waals surface area contributed by atoms with Crippen LogP contribution in [0.3, 0.4) is 0 Å². The molecule has 1 rings (SSSR count). The molecule has 4 heteroatoms. The summed E-state index contributed by atoms with van der Waals surface area (Å²) in [5.41, 5.74) is 0. The molecular formula is C15H23NO2Si. The van der Waals surface area contributed by atoms with E-state index in [0.717, 1.165) is 0 Å². The Morgan fingerprint density at radius 2 is 1.95 bits per heavy atom. The maximum absolute atomic E-state index is 11.2. The maximum atomic E-state index is 11.2. The average molecular weight is 277 g/mol. The quantitative estimate of drug-likeness (QED) is 0.637. The Bertz CT molecular complexity index is 443. The van der Waals surface area contributed by atoms with Crippen LogP contribution in [0.1, 0.15) is 6.92 Å². The number of esters is 1. The van der Waals surface area contributed by atoms with Crippen LogP contribution in [0.2, 0.25) is 13.1 Å². The van der Waals surface area contributed by atoms with Gasteiger partial charge in [-0.25, -0.2) is 0 Å². The third-order valence-electron chi connectivity index (χ3n) is 3.60. The van der Waals surface area contributed by atoms with Gasteiger partial charge in [-0.15, -0.1) is 6.58 Å². The third-order valence-corrected chi connectivity index (χ3v) is 7.42. The van der Waals surface area contributed by atoms with Gasteiger partial charge < -0.3 is 10.1 Å². The maximum Gasteiger partial charge on any atom is 0.319 e. The van der Waals surface area contributed by atoms with Crippen molar-refractivity contribution < 1.29 is 9.53 Å². The van der Waals surface area contributed by atoms with Crippen molar-refractivity contribution >= 4 is 19.2 Å². The molecule has 0 radical (unpaired) electrons. The third kappa shape index (κ3) is 4.04. The van der Waals surface area contributed by atoms with E-state index in [-0.39, 0.29) is 18.6 Å². The summed E-state index contributed by atoms with van der Waals surface area (Å²) in [5.74, 6) is -0.251. The molecule has 0 aliphatic heterocycles. The lowest BCUT2D eigenvalue weighted by Gasteiger charge is -2.30. The molecule has 0 spiro atoms. The van der Waals surface area contributed by atoms with Crippen molar-refractivity contribution in [2.45, 2.75) is 26.1 Å². The fraction of sp³-hybridized carbons (Fsp3) is 0.400. The standard InChI is InChI=1S/C15H23NO2Si/c1-12(16-11-15(17)18-3)13(2)19(4,5)14-9-7-6-8-10-14/h6-10,12,16H,2,11H2,1,3-5H3/t12-/m1/s1. The summed E-state index contributed by atoms with van der Waals surface area (Å²) in [5, 5.41) is 5.71. The van der Waals surface area contributed by atoms with Gasteiger partial charge in [0.2, 0.25) is 0 Å². The lowest BCUT2D eigenvalue weighted by Crippen LogP contribution is -2.50. The second kappa shape index (κ2) is 6.68. The van der Waals surface area contributed by atoms with Crippen molar-refractivity contribution in [3.8, 4) is 0 Å². The minimum absolute atomic E-state index is 0.0981. The molecule has 0 fully saturated rings. The number of hydrogen-bond donors (Lipinski definition) is 1. The molecule has 0 unspecified atom stereocenters. The number of ether oxygens (including phenoxy) is 1. The van der Waals surface area contributed by atoms with Crippen molar-refractivity contribution in [3.05, 3.63) is 42.1 Å². The lowest BCUT2D eigenvalue weighted by molar-refractivity contribution is -0.139. The Hall–Kier alpha value is -1.39. The van der Waals surface area contributed by atoms with Gasteiger partial charge in [0.05, 0.1) is 13.7 Å². The average Bonchev–Trinajstić information content (AvgIpc) is 2.44. The zero-order valence-electron chi connectivity index (χ0n) is 12.2. The van der Waals surface area contributed by atoms with E-state index in [0.29, 0.717) is 0 Å². The molecular weight excluding hydrogens is 254 g/mol. The number of hydrogen-bond acceptors (Lipinski definition) is 3. The summed E-state index contributed by atoms with van der Waals surface area (Å²) in [7, 11) is -0.342. The van der Waals surface area contributed by atoms with Gasteiger partial charge in [0.25, 0.3) is 0 Å². The Morgan fingerprint density at radius 1 is 1.37 bits per heavy atom. The number of carbonyl (C=O) groups excluding carboxylic acids is 1. The molecule has 3 nitrogen and oxygen atoms in total. The number of nitrogens with one attached hydrogen (secondary N) is 1. The Morgan fingerprint density at radius 3 is 2.47 bits per heavy atom. The summed E-state index contributed by atoms with van der Waals surface area (Å²) in [6, 6.07) is 10.6. The predicted molar refractivity (Wildman–Crippen MR) is 82.2 cm³/mol. The summed E-state index contributed by atoms with van der Waals surface area (Å²) in [6.45, 7) is 11.1. The van der Waals surface area contributed by atoms with Gasteiger partial charge in [-0.3, -0.25) is 4.79 Å². The zero-order chi connectivity index (χ0) is 14.5. The van der Waals surface area contributed by atoms with Crippen molar-refractivity contribution in [1.29, 1.82) is 0 Å². The van der Waals surface area contributed by atoms with E-state index in [4.69, 9.17) is 0 Å². The van der Waals surface area contributed by atoms with Crippen LogP contribution in [0.4, 0.5) is 0 Å². The Kier molecular flexibility index (Phi) is 5.51. The second-order valence-corrected chi connectivity index (χ2v) is 9.66. The molecule has 0 saturated heterocycles. The molecule has 0 heterocycles. The molecule has 0 amide bonds.